The summed E-state index contributed by atoms with van der Waals surface area (Å²) in [5.41, 5.74) is 2.99. The molecule has 2 heteroatoms. The largest absolute Gasteiger partial charge is 0.496 e. The first-order chi connectivity index (χ1) is 8.50. The highest BCUT2D eigenvalue weighted by Crippen LogP contribution is 2.54. The van der Waals surface area contributed by atoms with Gasteiger partial charge in [0.15, 0.2) is 0 Å². The molecule has 0 aromatic heterocycles. The van der Waals surface area contributed by atoms with Crippen molar-refractivity contribution in [3.63, 3.8) is 0 Å². The van der Waals surface area contributed by atoms with Crippen LogP contribution in [-0.2, 0) is 0 Å². The van der Waals surface area contributed by atoms with Gasteiger partial charge in [0.2, 0.25) is 0 Å². The molecule has 0 heterocycles. The van der Waals surface area contributed by atoms with E-state index in [1.54, 1.807) is 7.11 Å². The topological polar surface area (TPSA) is 21.3 Å². The fraction of sp³-hybridized carbons (Fsp3) is 0.625. The SMILES string of the molecule is CCNC1CC(c2cc(C)ccc2OC)C1(C)C. The van der Waals surface area contributed by atoms with Crippen LogP contribution in [0.15, 0.2) is 18.2 Å². The van der Waals surface area contributed by atoms with E-state index in [4.69, 9.17) is 4.74 Å². The molecule has 0 saturated heterocycles. The minimum atomic E-state index is 0.303. The summed E-state index contributed by atoms with van der Waals surface area (Å²) >= 11 is 0. The standard InChI is InChI=1S/C16H25NO/c1-6-17-15-10-13(16(15,3)4)12-9-11(2)7-8-14(12)18-5/h7-9,13,15,17H,6,10H2,1-5H3. The Morgan fingerprint density at radius 2 is 2.11 bits per heavy atom. The van der Waals surface area contributed by atoms with Crippen LogP contribution in [0.4, 0.5) is 0 Å². The molecule has 1 N–H and O–H groups in total. The van der Waals surface area contributed by atoms with Gasteiger partial charge in [-0.25, -0.2) is 0 Å². The summed E-state index contributed by atoms with van der Waals surface area (Å²) in [4.78, 5) is 0. The summed E-state index contributed by atoms with van der Waals surface area (Å²) in [6.45, 7) is 10.1. The Hall–Kier alpha value is -1.02. The van der Waals surface area contributed by atoms with Gasteiger partial charge >= 0.3 is 0 Å². The van der Waals surface area contributed by atoms with Gasteiger partial charge in [-0.15, -0.1) is 0 Å². The molecule has 0 amide bonds. The molecule has 1 fully saturated rings. The van der Waals surface area contributed by atoms with E-state index in [-0.39, 0.29) is 0 Å². The first kappa shape index (κ1) is 13.4. The third-order valence-corrected chi connectivity index (χ3v) is 4.48. The molecular weight excluding hydrogens is 222 g/mol. The van der Waals surface area contributed by atoms with E-state index in [0.717, 1.165) is 12.3 Å². The van der Waals surface area contributed by atoms with E-state index < -0.39 is 0 Å². The van der Waals surface area contributed by atoms with Gasteiger partial charge in [0.25, 0.3) is 0 Å². The molecule has 2 atom stereocenters. The minimum Gasteiger partial charge on any atom is -0.496 e. The Bertz CT molecular complexity index is 425. The summed E-state index contributed by atoms with van der Waals surface area (Å²) in [6.07, 6.45) is 1.21. The molecule has 2 unspecified atom stereocenters. The number of ether oxygens (including phenoxy) is 1. The maximum Gasteiger partial charge on any atom is 0.122 e. The molecule has 0 aliphatic heterocycles. The number of benzene rings is 1. The predicted octanol–water partition coefficient (Wildman–Crippen LogP) is 3.50. The lowest BCUT2D eigenvalue weighted by Crippen LogP contribution is -2.55. The molecule has 2 rings (SSSR count). The minimum absolute atomic E-state index is 0.303. The van der Waals surface area contributed by atoms with Crippen LogP contribution in [0.5, 0.6) is 5.75 Å². The summed E-state index contributed by atoms with van der Waals surface area (Å²) in [5, 5.41) is 3.58. The van der Waals surface area contributed by atoms with Crippen LogP contribution in [-0.4, -0.2) is 19.7 Å². The fourth-order valence-electron chi connectivity index (χ4n) is 3.17. The van der Waals surface area contributed by atoms with Gasteiger partial charge in [-0.1, -0.05) is 38.5 Å². The van der Waals surface area contributed by atoms with Crippen molar-refractivity contribution in [1.82, 2.24) is 5.32 Å². The smallest absolute Gasteiger partial charge is 0.122 e. The van der Waals surface area contributed by atoms with Gasteiger partial charge in [-0.2, -0.15) is 0 Å². The third kappa shape index (κ3) is 2.14. The second-order valence-electron chi connectivity index (χ2n) is 5.97. The van der Waals surface area contributed by atoms with Crippen molar-refractivity contribution < 1.29 is 4.74 Å². The fourth-order valence-corrected chi connectivity index (χ4v) is 3.17. The van der Waals surface area contributed by atoms with Crippen molar-refractivity contribution in [3.8, 4) is 5.75 Å². The van der Waals surface area contributed by atoms with Crippen LogP contribution < -0.4 is 10.1 Å². The summed E-state index contributed by atoms with van der Waals surface area (Å²) in [6, 6.07) is 7.13. The number of methoxy groups -OCH3 is 1. The zero-order valence-electron chi connectivity index (χ0n) is 12.2. The van der Waals surface area contributed by atoms with E-state index in [1.165, 1.54) is 17.5 Å². The van der Waals surface area contributed by atoms with Crippen LogP contribution >= 0.6 is 0 Å². The number of aryl methyl sites for hydroxylation is 1. The predicted molar refractivity (Wildman–Crippen MR) is 76.3 cm³/mol. The number of hydrogen-bond donors (Lipinski definition) is 1. The molecule has 1 aliphatic rings. The number of rotatable bonds is 4. The van der Waals surface area contributed by atoms with Crippen LogP contribution in [0, 0.1) is 12.3 Å². The molecule has 100 valence electrons. The van der Waals surface area contributed by atoms with Crippen LogP contribution in [0.1, 0.15) is 44.2 Å². The van der Waals surface area contributed by atoms with E-state index in [2.05, 4.69) is 51.2 Å². The van der Waals surface area contributed by atoms with E-state index >= 15 is 0 Å². The summed E-state index contributed by atoms with van der Waals surface area (Å²) < 4.78 is 5.53. The third-order valence-electron chi connectivity index (χ3n) is 4.48. The summed E-state index contributed by atoms with van der Waals surface area (Å²) in [7, 11) is 1.77. The number of nitrogens with one attached hydrogen (secondary N) is 1. The van der Waals surface area contributed by atoms with Gasteiger partial charge in [0.1, 0.15) is 5.75 Å². The lowest BCUT2D eigenvalue weighted by Gasteiger charge is -2.53. The monoisotopic (exact) mass is 247 g/mol. The molecule has 0 spiro atoms. The Morgan fingerprint density at radius 3 is 2.67 bits per heavy atom. The highest BCUT2D eigenvalue weighted by Gasteiger charge is 2.49. The molecule has 1 aromatic rings. The zero-order valence-corrected chi connectivity index (χ0v) is 12.2. The Morgan fingerprint density at radius 1 is 1.39 bits per heavy atom. The van der Waals surface area contributed by atoms with Gasteiger partial charge in [0.05, 0.1) is 7.11 Å². The Kier molecular flexibility index (Phi) is 3.67. The van der Waals surface area contributed by atoms with Crippen LogP contribution in [0.3, 0.4) is 0 Å². The van der Waals surface area contributed by atoms with Gasteiger partial charge in [-0.3, -0.25) is 0 Å². The van der Waals surface area contributed by atoms with Crippen molar-refractivity contribution in [1.29, 1.82) is 0 Å². The highest BCUT2D eigenvalue weighted by atomic mass is 16.5. The second-order valence-corrected chi connectivity index (χ2v) is 5.97. The van der Waals surface area contributed by atoms with E-state index in [0.29, 0.717) is 17.4 Å². The van der Waals surface area contributed by atoms with E-state index in [9.17, 15) is 0 Å². The molecule has 1 saturated carbocycles. The lowest BCUT2D eigenvalue weighted by molar-refractivity contribution is 0.0690. The average molecular weight is 247 g/mol. The lowest BCUT2D eigenvalue weighted by atomic mass is 9.56. The highest BCUT2D eigenvalue weighted by molar-refractivity contribution is 5.42. The Balaban J connectivity index is 2.26. The molecule has 1 aliphatic carbocycles. The molecular formula is C16H25NO. The summed E-state index contributed by atoms with van der Waals surface area (Å²) in [5.74, 6) is 1.63. The van der Waals surface area contributed by atoms with Crippen molar-refractivity contribution in [3.05, 3.63) is 29.3 Å². The van der Waals surface area contributed by atoms with Gasteiger partial charge in [0, 0.05) is 6.04 Å². The molecule has 0 bridgehead atoms. The molecule has 2 nitrogen and oxygen atoms in total. The first-order valence-electron chi connectivity index (χ1n) is 6.88. The zero-order chi connectivity index (χ0) is 13.3. The Labute approximate surface area is 111 Å². The van der Waals surface area contributed by atoms with Crippen molar-refractivity contribution in [2.75, 3.05) is 13.7 Å². The first-order valence-corrected chi connectivity index (χ1v) is 6.88. The average Bonchev–Trinajstić information content (AvgIpc) is 2.34. The van der Waals surface area contributed by atoms with Crippen molar-refractivity contribution in [2.45, 2.75) is 46.1 Å². The second kappa shape index (κ2) is 4.93. The van der Waals surface area contributed by atoms with E-state index in [1.807, 2.05) is 0 Å². The van der Waals surface area contributed by atoms with Crippen molar-refractivity contribution in [2.24, 2.45) is 5.41 Å². The maximum absolute atomic E-state index is 5.53. The van der Waals surface area contributed by atoms with Gasteiger partial charge < -0.3 is 10.1 Å². The van der Waals surface area contributed by atoms with Crippen LogP contribution in [0.25, 0.3) is 0 Å². The molecule has 18 heavy (non-hydrogen) atoms. The van der Waals surface area contributed by atoms with Gasteiger partial charge in [-0.05, 0) is 42.9 Å². The molecule has 1 aromatic carbocycles. The quantitative estimate of drug-likeness (QED) is 0.879. The normalized spacial score (nSPS) is 25.6. The van der Waals surface area contributed by atoms with Crippen LogP contribution in [0.2, 0.25) is 0 Å². The molecule has 0 radical (unpaired) electrons. The van der Waals surface area contributed by atoms with Crippen molar-refractivity contribution >= 4 is 0 Å². The maximum atomic E-state index is 5.53. The number of hydrogen-bond acceptors (Lipinski definition) is 2.